The van der Waals surface area contributed by atoms with E-state index >= 15 is 0 Å². The molecule has 1 saturated heterocycles. The number of ether oxygens (including phenoxy) is 1. The molecule has 17 heavy (non-hydrogen) atoms. The summed E-state index contributed by atoms with van der Waals surface area (Å²) in [5.74, 6) is 0. The zero-order valence-corrected chi connectivity index (χ0v) is 10.2. The average molecular weight is 235 g/mol. The Hall–Kier alpha value is -0.970. The zero-order valence-electron chi connectivity index (χ0n) is 10.2. The summed E-state index contributed by atoms with van der Waals surface area (Å²) in [6.45, 7) is 3.33. The van der Waals surface area contributed by atoms with Crippen molar-refractivity contribution in [2.45, 2.75) is 38.5 Å². The van der Waals surface area contributed by atoms with Crippen molar-refractivity contribution >= 4 is 0 Å². The summed E-state index contributed by atoms with van der Waals surface area (Å²) >= 11 is 0. The van der Waals surface area contributed by atoms with Crippen LogP contribution in [0, 0.1) is 0 Å². The van der Waals surface area contributed by atoms with Crippen LogP contribution in [0.15, 0.2) is 18.3 Å². The lowest BCUT2D eigenvalue weighted by Gasteiger charge is -2.10. The first-order chi connectivity index (χ1) is 8.38. The molecule has 2 rings (SSSR count). The van der Waals surface area contributed by atoms with Crippen LogP contribution in [0.2, 0.25) is 0 Å². The van der Waals surface area contributed by atoms with Gasteiger partial charge in [-0.1, -0.05) is 0 Å². The monoisotopic (exact) mass is 235 g/mol. The molecule has 0 aromatic carbocycles. The molecule has 1 fully saturated rings. The van der Waals surface area contributed by atoms with Gasteiger partial charge in [-0.2, -0.15) is 0 Å². The van der Waals surface area contributed by atoms with Gasteiger partial charge in [-0.15, -0.1) is 0 Å². The molecule has 0 amide bonds. The molecule has 94 valence electrons. The van der Waals surface area contributed by atoms with E-state index in [0.29, 0.717) is 12.6 Å². The maximum Gasteiger partial charge on any atom is 0.0588 e. The topological polar surface area (TPSA) is 60.2 Å². The molecule has 4 nitrogen and oxygen atoms in total. The van der Waals surface area contributed by atoms with E-state index in [4.69, 9.17) is 10.5 Å². The van der Waals surface area contributed by atoms with Crippen LogP contribution in [-0.4, -0.2) is 24.2 Å². The highest BCUT2D eigenvalue weighted by Crippen LogP contribution is 2.14. The fourth-order valence-electron chi connectivity index (χ4n) is 2.12. The third kappa shape index (κ3) is 4.07. The number of rotatable bonds is 6. The lowest BCUT2D eigenvalue weighted by atomic mass is 10.2. The Labute approximate surface area is 103 Å². The van der Waals surface area contributed by atoms with Gasteiger partial charge in [0.15, 0.2) is 0 Å². The van der Waals surface area contributed by atoms with Crippen LogP contribution in [0.3, 0.4) is 0 Å². The third-order valence-electron chi connectivity index (χ3n) is 3.09. The summed E-state index contributed by atoms with van der Waals surface area (Å²) in [6.07, 6.45) is 5.83. The van der Waals surface area contributed by atoms with Crippen molar-refractivity contribution in [3.63, 3.8) is 0 Å². The Bertz CT molecular complexity index is 337. The Kier molecular flexibility index (Phi) is 4.91. The molecule has 0 radical (unpaired) electrons. The average Bonchev–Trinajstić information content (AvgIpc) is 2.88. The molecule has 1 aromatic rings. The van der Waals surface area contributed by atoms with Crippen molar-refractivity contribution in [1.29, 1.82) is 0 Å². The van der Waals surface area contributed by atoms with Gasteiger partial charge in [0.1, 0.15) is 0 Å². The van der Waals surface area contributed by atoms with Crippen molar-refractivity contribution < 1.29 is 4.74 Å². The number of nitrogens with one attached hydrogen (secondary N) is 1. The zero-order chi connectivity index (χ0) is 11.9. The maximum absolute atomic E-state index is 5.58. The SMILES string of the molecule is NCc1cc(CNCCC2CCCO2)ccn1. The summed E-state index contributed by atoms with van der Waals surface area (Å²) in [6, 6.07) is 4.08. The minimum atomic E-state index is 0.472. The minimum absolute atomic E-state index is 0.472. The van der Waals surface area contributed by atoms with Gasteiger partial charge in [0, 0.05) is 25.9 Å². The number of nitrogens with two attached hydrogens (primary N) is 1. The Morgan fingerprint density at radius 3 is 3.24 bits per heavy atom. The molecule has 0 spiro atoms. The molecular formula is C13H21N3O. The number of nitrogens with zero attached hydrogens (tertiary/aromatic N) is 1. The first-order valence-corrected chi connectivity index (χ1v) is 6.34. The number of aromatic nitrogens is 1. The van der Waals surface area contributed by atoms with Crippen LogP contribution in [0.5, 0.6) is 0 Å². The smallest absolute Gasteiger partial charge is 0.0588 e. The largest absolute Gasteiger partial charge is 0.378 e. The molecule has 1 aliphatic rings. The van der Waals surface area contributed by atoms with Gasteiger partial charge in [-0.25, -0.2) is 0 Å². The minimum Gasteiger partial charge on any atom is -0.378 e. The molecule has 1 atom stereocenters. The predicted octanol–water partition coefficient (Wildman–Crippen LogP) is 1.20. The van der Waals surface area contributed by atoms with Crippen LogP contribution in [0.4, 0.5) is 0 Å². The van der Waals surface area contributed by atoms with Crippen molar-refractivity contribution in [1.82, 2.24) is 10.3 Å². The number of pyridine rings is 1. The second kappa shape index (κ2) is 6.69. The second-order valence-corrected chi connectivity index (χ2v) is 4.46. The van der Waals surface area contributed by atoms with E-state index in [2.05, 4.69) is 16.4 Å². The van der Waals surface area contributed by atoms with E-state index in [0.717, 1.165) is 31.8 Å². The summed E-state index contributed by atoms with van der Waals surface area (Å²) in [7, 11) is 0. The summed E-state index contributed by atoms with van der Waals surface area (Å²) in [5, 5.41) is 3.43. The Morgan fingerprint density at radius 2 is 2.47 bits per heavy atom. The number of hydrogen-bond acceptors (Lipinski definition) is 4. The van der Waals surface area contributed by atoms with Gasteiger partial charge in [0.05, 0.1) is 11.8 Å². The molecule has 0 bridgehead atoms. The predicted molar refractivity (Wildman–Crippen MR) is 67.4 cm³/mol. The normalized spacial score (nSPS) is 19.7. The number of hydrogen-bond donors (Lipinski definition) is 2. The summed E-state index contributed by atoms with van der Waals surface area (Å²) in [5.41, 5.74) is 7.75. The second-order valence-electron chi connectivity index (χ2n) is 4.46. The van der Waals surface area contributed by atoms with E-state index in [-0.39, 0.29) is 0 Å². The van der Waals surface area contributed by atoms with Crippen LogP contribution >= 0.6 is 0 Å². The Morgan fingerprint density at radius 1 is 1.53 bits per heavy atom. The van der Waals surface area contributed by atoms with Gasteiger partial charge in [0.2, 0.25) is 0 Å². The van der Waals surface area contributed by atoms with Crippen LogP contribution in [0.25, 0.3) is 0 Å². The standard InChI is InChI=1S/C13H21N3O/c14-9-12-8-11(3-6-16-12)10-15-5-4-13-2-1-7-17-13/h3,6,8,13,15H,1-2,4-5,7,9-10,14H2. The van der Waals surface area contributed by atoms with Crippen molar-refractivity contribution in [3.05, 3.63) is 29.6 Å². The maximum atomic E-state index is 5.58. The summed E-state index contributed by atoms with van der Waals surface area (Å²) < 4.78 is 5.58. The van der Waals surface area contributed by atoms with E-state index in [1.807, 2.05) is 12.3 Å². The van der Waals surface area contributed by atoms with Crippen LogP contribution in [0.1, 0.15) is 30.5 Å². The third-order valence-corrected chi connectivity index (χ3v) is 3.09. The molecular weight excluding hydrogens is 214 g/mol. The van der Waals surface area contributed by atoms with Crippen molar-refractivity contribution in [3.8, 4) is 0 Å². The molecule has 2 heterocycles. The van der Waals surface area contributed by atoms with Crippen molar-refractivity contribution in [2.75, 3.05) is 13.2 Å². The quantitative estimate of drug-likeness (QED) is 0.727. The molecule has 3 N–H and O–H groups in total. The van der Waals surface area contributed by atoms with Gasteiger partial charge in [0.25, 0.3) is 0 Å². The lowest BCUT2D eigenvalue weighted by Crippen LogP contribution is -2.20. The molecule has 4 heteroatoms. The van der Waals surface area contributed by atoms with Crippen LogP contribution in [-0.2, 0) is 17.8 Å². The van der Waals surface area contributed by atoms with E-state index in [1.54, 1.807) is 0 Å². The van der Waals surface area contributed by atoms with E-state index in [1.165, 1.54) is 18.4 Å². The lowest BCUT2D eigenvalue weighted by molar-refractivity contribution is 0.104. The molecule has 1 aromatic heterocycles. The van der Waals surface area contributed by atoms with Crippen LogP contribution < -0.4 is 11.1 Å². The van der Waals surface area contributed by atoms with Gasteiger partial charge >= 0.3 is 0 Å². The highest BCUT2D eigenvalue weighted by Gasteiger charge is 2.14. The molecule has 1 unspecified atom stereocenters. The highest BCUT2D eigenvalue weighted by molar-refractivity contribution is 5.15. The summed E-state index contributed by atoms with van der Waals surface area (Å²) in [4.78, 5) is 4.18. The molecule has 1 aliphatic heterocycles. The fraction of sp³-hybridized carbons (Fsp3) is 0.615. The Balaban J connectivity index is 1.66. The van der Waals surface area contributed by atoms with E-state index in [9.17, 15) is 0 Å². The van der Waals surface area contributed by atoms with Gasteiger partial charge < -0.3 is 15.8 Å². The first-order valence-electron chi connectivity index (χ1n) is 6.34. The first kappa shape index (κ1) is 12.5. The molecule has 0 aliphatic carbocycles. The van der Waals surface area contributed by atoms with E-state index < -0.39 is 0 Å². The van der Waals surface area contributed by atoms with Crippen molar-refractivity contribution in [2.24, 2.45) is 5.73 Å². The van der Waals surface area contributed by atoms with Gasteiger partial charge in [-0.05, 0) is 43.5 Å². The highest BCUT2D eigenvalue weighted by atomic mass is 16.5. The fourth-order valence-corrected chi connectivity index (χ4v) is 2.12. The van der Waals surface area contributed by atoms with Gasteiger partial charge in [-0.3, -0.25) is 4.98 Å². The molecule has 0 saturated carbocycles.